The SMILES string of the molecule is CC(=O)OCC1=C[C@H]2CC(=O)CC(C)[C@@]2(O)[C@H]2C=C(C)C(=O)[C@]2(O)C1. The molecule has 0 spiro atoms. The molecule has 1 unspecified atom stereocenters. The van der Waals surface area contributed by atoms with Crippen molar-refractivity contribution in [2.75, 3.05) is 6.61 Å². The molecule has 3 rings (SSSR count). The monoisotopic (exact) mass is 348 g/mol. The van der Waals surface area contributed by atoms with Crippen LogP contribution in [0.25, 0.3) is 0 Å². The predicted octanol–water partition coefficient (Wildman–Crippen LogP) is 1.10. The van der Waals surface area contributed by atoms with Gasteiger partial charge in [0.1, 0.15) is 18.0 Å². The second-order valence-electron chi connectivity index (χ2n) is 7.70. The number of hydrogen-bond donors (Lipinski definition) is 2. The summed E-state index contributed by atoms with van der Waals surface area (Å²) >= 11 is 0. The van der Waals surface area contributed by atoms with Crippen molar-refractivity contribution in [1.82, 2.24) is 0 Å². The highest BCUT2D eigenvalue weighted by Gasteiger charge is 2.63. The molecule has 6 nitrogen and oxygen atoms in total. The Morgan fingerprint density at radius 1 is 1.28 bits per heavy atom. The first kappa shape index (κ1) is 18.0. The molecular weight excluding hydrogens is 324 g/mol. The quantitative estimate of drug-likeness (QED) is 0.572. The molecule has 0 bridgehead atoms. The highest BCUT2D eigenvalue weighted by atomic mass is 16.5. The molecule has 0 amide bonds. The molecule has 0 heterocycles. The molecule has 2 N–H and O–H groups in total. The fraction of sp³-hybridized carbons (Fsp3) is 0.632. The molecule has 1 saturated carbocycles. The maximum atomic E-state index is 12.7. The third kappa shape index (κ3) is 2.68. The van der Waals surface area contributed by atoms with Crippen molar-refractivity contribution in [2.24, 2.45) is 17.8 Å². The lowest BCUT2D eigenvalue weighted by molar-refractivity contribution is -0.170. The molecule has 136 valence electrons. The molecule has 3 aliphatic carbocycles. The minimum absolute atomic E-state index is 0.0165. The zero-order valence-corrected chi connectivity index (χ0v) is 14.7. The summed E-state index contributed by atoms with van der Waals surface area (Å²) < 4.78 is 5.05. The van der Waals surface area contributed by atoms with Gasteiger partial charge in [0.2, 0.25) is 0 Å². The van der Waals surface area contributed by atoms with Gasteiger partial charge in [0.25, 0.3) is 0 Å². The Balaban J connectivity index is 2.09. The standard InChI is InChI=1S/C19H24O6/c1-10-4-16-18(23,17(10)22)8-13(9-25-12(3)20)6-14-7-15(21)5-11(2)19(14,16)24/h4,6,11,14,16,23-24H,5,7-9H2,1-3H3/t11?,14-,16-,18-,19-/m0/s1. The van der Waals surface area contributed by atoms with Crippen molar-refractivity contribution in [3.8, 4) is 0 Å². The first-order valence-electron chi connectivity index (χ1n) is 8.61. The summed E-state index contributed by atoms with van der Waals surface area (Å²) in [5, 5.41) is 22.8. The molecule has 1 fully saturated rings. The second-order valence-corrected chi connectivity index (χ2v) is 7.70. The number of ether oxygens (including phenoxy) is 1. The minimum Gasteiger partial charge on any atom is -0.461 e. The predicted molar refractivity (Wildman–Crippen MR) is 88.4 cm³/mol. The molecule has 0 radical (unpaired) electrons. The molecule has 0 aromatic carbocycles. The van der Waals surface area contributed by atoms with E-state index in [9.17, 15) is 24.6 Å². The molecule has 6 heteroatoms. The molecule has 0 aromatic heterocycles. The van der Waals surface area contributed by atoms with Gasteiger partial charge in [0.15, 0.2) is 5.78 Å². The Morgan fingerprint density at radius 2 is 1.96 bits per heavy atom. The Hall–Kier alpha value is -1.79. The van der Waals surface area contributed by atoms with Gasteiger partial charge in [-0.05, 0) is 24.0 Å². The summed E-state index contributed by atoms with van der Waals surface area (Å²) in [5.41, 5.74) is -2.19. The number of aliphatic hydroxyl groups is 2. The number of Topliss-reactive ketones (excluding diaryl/α,β-unsaturated/α-hetero) is 2. The van der Waals surface area contributed by atoms with Gasteiger partial charge in [-0.2, -0.15) is 0 Å². The van der Waals surface area contributed by atoms with Gasteiger partial charge in [-0.15, -0.1) is 0 Å². The van der Waals surface area contributed by atoms with Gasteiger partial charge >= 0.3 is 5.97 Å². The van der Waals surface area contributed by atoms with E-state index in [2.05, 4.69) is 0 Å². The van der Waals surface area contributed by atoms with Crippen LogP contribution in [0.4, 0.5) is 0 Å². The number of rotatable bonds is 2. The number of fused-ring (bicyclic) bond motifs is 3. The maximum absolute atomic E-state index is 12.7. The van der Waals surface area contributed by atoms with E-state index in [1.54, 1.807) is 26.0 Å². The van der Waals surface area contributed by atoms with Crippen molar-refractivity contribution >= 4 is 17.5 Å². The van der Waals surface area contributed by atoms with Crippen LogP contribution in [0.3, 0.4) is 0 Å². The number of ketones is 2. The highest BCUT2D eigenvalue weighted by molar-refractivity contribution is 6.05. The minimum atomic E-state index is -1.77. The van der Waals surface area contributed by atoms with Crippen LogP contribution in [0.5, 0.6) is 0 Å². The summed E-state index contributed by atoms with van der Waals surface area (Å²) in [6.07, 6.45) is 3.72. The lowest BCUT2D eigenvalue weighted by Crippen LogP contribution is -2.60. The summed E-state index contributed by atoms with van der Waals surface area (Å²) in [5.74, 6) is -2.54. The Labute approximate surface area is 146 Å². The summed E-state index contributed by atoms with van der Waals surface area (Å²) in [6.45, 7) is 4.62. The maximum Gasteiger partial charge on any atom is 0.302 e. The third-order valence-electron chi connectivity index (χ3n) is 5.94. The van der Waals surface area contributed by atoms with E-state index in [4.69, 9.17) is 4.74 Å². The zero-order chi connectivity index (χ0) is 18.6. The topological polar surface area (TPSA) is 101 Å². The van der Waals surface area contributed by atoms with E-state index in [0.29, 0.717) is 11.1 Å². The van der Waals surface area contributed by atoms with Crippen LogP contribution in [0, 0.1) is 17.8 Å². The molecule has 0 saturated heterocycles. The van der Waals surface area contributed by atoms with E-state index < -0.39 is 40.7 Å². The molecule has 5 atom stereocenters. The normalized spacial score (nSPS) is 40.6. The molecule has 0 aliphatic heterocycles. The fourth-order valence-corrected chi connectivity index (χ4v) is 4.73. The molecule has 25 heavy (non-hydrogen) atoms. The van der Waals surface area contributed by atoms with Gasteiger partial charge in [-0.3, -0.25) is 14.4 Å². The summed E-state index contributed by atoms with van der Waals surface area (Å²) in [6, 6.07) is 0. The van der Waals surface area contributed by atoms with E-state index >= 15 is 0 Å². The number of carbonyl (C=O) groups excluding carboxylic acids is 3. The average Bonchev–Trinajstić information content (AvgIpc) is 2.68. The van der Waals surface area contributed by atoms with Crippen molar-refractivity contribution in [2.45, 2.75) is 51.2 Å². The van der Waals surface area contributed by atoms with Crippen LogP contribution in [-0.4, -0.2) is 45.6 Å². The molecule has 0 aromatic rings. The second kappa shape index (κ2) is 5.88. The fourth-order valence-electron chi connectivity index (χ4n) is 4.73. The van der Waals surface area contributed by atoms with Crippen LogP contribution in [-0.2, 0) is 19.1 Å². The average molecular weight is 348 g/mol. The highest BCUT2D eigenvalue weighted by Crippen LogP contribution is 2.53. The van der Waals surface area contributed by atoms with E-state index in [-0.39, 0.29) is 31.7 Å². The van der Waals surface area contributed by atoms with Crippen molar-refractivity contribution in [3.63, 3.8) is 0 Å². The lowest BCUT2D eigenvalue weighted by Gasteiger charge is -2.48. The van der Waals surface area contributed by atoms with Gasteiger partial charge in [0, 0.05) is 38.0 Å². The summed E-state index contributed by atoms with van der Waals surface area (Å²) in [4.78, 5) is 35.9. The molecular formula is C19H24O6. The Bertz CT molecular complexity index is 705. The van der Waals surface area contributed by atoms with Crippen molar-refractivity contribution in [1.29, 1.82) is 0 Å². The smallest absolute Gasteiger partial charge is 0.302 e. The number of carbonyl (C=O) groups is 3. The van der Waals surface area contributed by atoms with Crippen LogP contribution in [0.2, 0.25) is 0 Å². The van der Waals surface area contributed by atoms with Gasteiger partial charge in [-0.25, -0.2) is 0 Å². The van der Waals surface area contributed by atoms with E-state index in [1.165, 1.54) is 6.92 Å². The Morgan fingerprint density at radius 3 is 2.60 bits per heavy atom. The first-order valence-corrected chi connectivity index (χ1v) is 8.61. The number of hydrogen-bond acceptors (Lipinski definition) is 6. The van der Waals surface area contributed by atoms with Crippen molar-refractivity contribution < 1.29 is 29.3 Å². The Kier molecular flexibility index (Phi) is 4.24. The van der Waals surface area contributed by atoms with Gasteiger partial charge < -0.3 is 14.9 Å². The summed E-state index contributed by atoms with van der Waals surface area (Å²) in [7, 11) is 0. The van der Waals surface area contributed by atoms with Crippen LogP contribution in [0.1, 0.15) is 40.0 Å². The van der Waals surface area contributed by atoms with E-state index in [1.807, 2.05) is 0 Å². The first-order chi connectivity index (χ1) is 11.6. The van der Waals surface area contributed by atoms with Crippen LogP contribution >= 0.6 is 0 Å². The van der Waals surface area contributed by atoms with Gasteiger partial charge in [-0.1, -0.05) is 19.1 Å². The lowest BCUT2D eigenvalue weighted by atomic mass is 9.60. The zero-order valence-electron chi connectivity index (χ0n) is 14.7. The van der Waals surface area contributed by atoms with E-state index in [0.717, 1.165) is 0 Å². The third-order valence-corrected chi connectivity index (χ3v) is 5.94. The van der Waals surface area contributed by atoms with Crippen LogP contribution in [0.15, 0.2) is 23.3 Å². The largest absolute Gasteiger partial charge is 0.461 e. The molecule has 3 aliphatic rings. The number of esters is 1. The van der Waals surface area contributed by atoms with Crippen LogP contribution < -0.4 is 0 Å². The van der Waals surface area contributed by atoms with Crippen molar-refractivity contribution in [3.05, 3.63) is 23.3 Å². The van der Waals surface area contributed by atoms with Gasteiger partial charge in [0.05, 0.1) is 5.60 Å².